The monoisotopic (exact) mass is 212 g/mol. The fourth-order valence-electron chi connectivity index (χ4n) is 1.52. The Hall–Kier alpha value is -1.83. The van der Waals surface area contributed by atoms with Crippen LogP contribution in [-0.2, 0) is 0 Å². The lowest BCUT2D eigenvalue weighted by Gasteiger charge is -2.20. The predicted octanol–water partition coefficient (Wildman–Crippen LogP) is 3.89. The van der Waals surface area contributed by atoms with Crippen LogP contribution in [-0.4, -0.2) is 0 Å². The number of aromatic nitrogens is 1. The summed E-state index contributed by atoms with van der Waals surface area (Å²) in [5, 5.41) is 4.56. The third-order valence-corrected chi connectivity index (χ3v) is 2.42. The molecule has 2 rings (SSSR count). The van der Waals surface area contributed by atoms with Crippen LogP contribution >= 0.6 is 0 Å². The number of para-hydroxylation sites is 1. The molecule has 0 atom stereocenters. The molecule has 0 bridgehead atoms. The quantitative estimate of drug-likeness (QED) is 0.687. The average Bonchev–Trinajstić information content (AvgIpc) is 2.30. The van der Waals surface area contributed by atoms with Crippen molar-refractivity contribution in [3.63, 3.8) is 0 Å². The first kappa shape index (κ1) is 10.7. The number of benzene rings is 1. The topological polar surface area (TPSA) is 18.0 Å². The van der Waals surface area contributed by atoms with Crippen LogP contribution in [0.3, 0.4) is 0 Å². The lowest BCUT2D eigenvalue weighted by atomic mass is 10.3. The summed E-state index contributed by atoms with van der Waals surface area (Å²) in [7, 11) is 0. The summed E-state index contributed by atoms with van der Waals surface area (Å²) >= 11 is 0. The van der Waals surface area contributed by atoms with Gasteiger partial charge in [-0.15, -0.1) is 5.69 Å². The second kappa shape index (κ2) is 4.79. The van der Waals surface area contributed by atoms with Crippen molar-refractivity contribution < 1.29 is 4.57 Å². The van der Waals surface area contributed by atoms with Crippen LogP contribution in [0.4, 0.5) is 11.4 Å². The Morgan fingerprint density at radius 1 is 0.938 bits per heavy atom. The molecular formula is C14H16N2. The summed E-state index contributed by atoms with van der Waals surface area (Å²) < 4.78 is 2.15. The number of rotatable bonds is 3. The fourth-order valence-corrected chi connectivity index (χ4v) is 1.52. The number of hydrogen-bond donors (Lipinski definition) is 0. The van der Waals surface area contributed by atoms with Crippen molar-refractivity contribution in [1.29, 1.82) is 0 Å². The van der Waals surface area contributed by atoms with Crippen LogP contribution in [0.15, 0.2) is 54.9 Å². The highest BCUT2D eigenvalue weighted by atomic mass is 15.0. The second-order valence-corrected chi connectivity index (χ2v) is 4.05. The zero-order valence-corrected chi connectivity index (χ0v) is 9.67. The molecule has 2 heteroatoms. The summed E-state index contributed by atoms with van der Waals surface area (Å²) in [6.07, 6.45) is 4.13. The molecule has 0 saturated carbocycles. The van der Waals surface area contributed by atoms with Crippen LogP contribution in [0, 0.1) is 0 Å². The van der Waals surface area contributed by atoms with Gasteiger partial charge in [-0.3, -0.25) is 0 Å². The molecule has 0 aliphatic rings. The van der Waals surface area contributed by atoms with Crippen LogP contribution in [0.5, 0.6) is 0 Å². The SMILES string of the molecule is CC(C)[n+]1cccc([N-]c2ccccc2)c1. The molecule has 82 valence electrons. The minimum atomic E-state index is 0.464. The van der Waals surface area contributed by atoms with Gasteiger partial charge < -0.3 is 5.32 Å². The molecule has 16 heavy (non-hydrogen) atoms. The molecule has 0 amide bonds. The maximum atomic E-state index is 4.56. The minimum absolute atomic E-state index is 0.464. The number of nitrogens with zero attached hydrogens (tertiary/aromatic N) is 2. The van der Waals surface area contributed by atoms with Gasteiger partial charge in [-0.2, -0.15) is 0 Å². The maximum absolute atomic E-state index is 4.56. The maximum Gasteiger partial charge on any atom is 0.168 e. The van der Waals surface area contributed by atoms with E-state index in [1.54, 1.807) is 0 Å². The van der Waals surface area contributed by atoms with Gasteiger partial charge in [0, 0.05) is 6.07 Å². The summed E-state index contributed by atoms with van der Waals surface area (Å²) in [4.78, 5) is 0. The summed E-state index contributed by atoms with van der Waals surface area (Å²) in [6.45, 7) is 4.32. The highest BCUT2D eigenvalue weighted by molar-refractivity contribution is 5.64. The van der Waals surface area contributed by atoms with Crippen LogP contribution in [0.25, 0.3) is 5.32 Å². The Morgan fingerprint density at radius 3 is 2.31 bits per heavy atom. The normalized spacial score (nSPS) is 10.4. The lowest BCUT2D eigenvalue weighted by molar-refractivity contribution is -0.715. The van der Waals surface area contributed by atoms with Gasteiger partial charge in [0.2, 0.25) is 0 Å². The fraction of sp³-hybridized carbons (Fsp3) is 0.214. The van der Waals surface area contributed by atoms with Gasteiger partial charge in [0.1, 0.15) is 0 Å². The Bertz CT molecular complexity index is 449. The summed E-state index contributed by atoms with van der Waals surface area (Å²) in [5.74, 6) is 0. The highest BCUT2D eigenvalue weighted by Gasteiger charge is 2.02. The van der Waals surface area contributed by atoms with E-state index >= 15 is 0 Å². The van der Waals surface area contributed by atoms with E-state index in [2.05, 4.69) is 36.1 Å². The first-order valence-electron chi connectivity index (χ1n) is 5.53. The van der Waals surface area contributed by atoms with Crippen molar-refractivity contribution in [3.8, 4) is 0 Å². The van der Waals surface area contributed by atoms with Gasteiger partial charge in [-0.05, 0) is 13.8 Å². The summed E-state index contributed by atoms with van der Waals surface area (Å²) in [5.41, 5.74) is 1.98. The first-order chi connectivity index (χ1) is 7.75. The average molecular weight is 212 g/mol. The van der Waals surface area contributed by atoms with E-state index in [1.807, 2.05) is 42.5 Å². The molecule has 2 aromatic rings. The van der Waals surface area contributed by atoms with E-state index in [-0.39, 0.29) is 0 Å². The minimum Gasteiger partial charge on any atom is -0.653 e. The third kappa shape index (κ3) is 2.60. The van der Waals surface area contributed by atoms with E-state index < -0.39 is 0 Å². The Kier molecular flexibility index (Phi) is 3.20. The standard InChI is InChI=1S/C14H16N2/c1-12(2)16-10-6-9-14(11-16)15-13-7-4-3-5-8-13/h3-12H,1-2H3. The smallest absolute Gasteiger partial charge is 0.168 e. The molecular weight excluding hydrogens is 196 g/mol. The number of hydrogen-bond acceptors (Lipinski definition) is 0. The molecule has 1 heterocycles. The zero-order valence-electron chi connectivity index (χ0n) is 9.67. The van der Waals surface area contributed by atoms with E-state index in [9.17, 15) is 0 Å². The van der Waals surface area contributed by atoms with Gasteiger partial charge in [0.25, 0.3) is 0 Å². The van der Waals surface area contributed by atoms with Crippen LogP contribution in [0.1, 0.15) is 19.9 Å². The largest absolute Gasteiger partial charge is 0.653 e. The zero-order chi connectivity index (χ0) is 11.4. The van der Waals surface area contributed by atoms with Crippen molar-refractivity contribution in [2.45, 2.75) is 19.9 Å². The molecule has 0 spiro atoms. The van der Waals surface area contributed by atoms with E-state index in [0.29, 0.717) is 6.04 Å². The van der Waals surface area contributed by atoms with Gasteiger partial charge in [0.05, 0.1) is 0 Å². The van der Waals surface area contributed by atoms with Crippen LogP contribution < -0.4 is 4.57 Å². The summed E-state index contributed by atoms with van der Waals surface area (Å²) in [6, 6.07) is 14.5. The Labute approximate surface area is 96.6 Å². The van der Waals surface area contributed by atoms with Crippen molar-refractivity contribution >= 4 is 11.4 Å². The molecule has 0 radical (unpaired) electrons. The third-order valence-electron chi connectivity index (χ3n) is 2.42. The molecule has 0 N–H and O–H groups in total. The molecule has 0 unspecified atom stereocenters. The molecule has 0 aliphatic carbocycles. The van der Waals surface area contributed by atoms with Gasteiger partial charge in [0.15, 0.2) is 18.4 Å². The molecule has 1 aromatic carbocycles. The van der Waals surface area contributed by atoms with Gasteiger partial charge >= 0.3 is 0 Å². The molecule has 0 saturated heterocycles. The van der Waals surface area contributed by atoms with Gasteiger partial charge in [-0.1, -0.05) is 42.1 Å². The van der Waals surface area contributed by atoms with E-state index in [4.69, 9.17) is 0 Å². The Balaban J connectivity index is 2.19. The first-order valence-corrected chi connectivity index (χ1v) is 5.53. The van der Waals surface area contributed by atoms with E-state index in [0.717, 1.165) is 11.4 Å². The van der Waals surface area contributed by atoms with Crippen LogP contribution in [0.2, 0.25) is 0 Å². The van der Waals surface area contributed by atoms with E-state index in [1.165, 1.54) is 0 Å². The van der Waals surface area contributed by atoms with Crippen molar-refractivity contribution in [2.75, 3.05) is 0 Å². The highest BCUT2D eigenvalue weighted by Crippen LogP contribution is 2.27. The molecule has 0 fully saturated rings. The van der Waals surface area contributed by atoms with Crippen molar-refractivity contribution in [3.05, 3.63) is 60.2 Å². The predicted molar refractivity (Wildman–Crippen MR) is 66.1 cm³/mol. The number of pyridine rings is 1. The molecule has 1 aromatic heterocycles. The second-order valence-electron chi connectivity index (χ2n) is 4.05. The van der Waals surface area contributed by atoms with Crippen molar-refractivity contribution in [2.24, 2.45) is 0 Å². The lowest BCUT2D eigenvalue weighted by Crippen LogP contribution is -2.34. The van der Waals surface area contributed by atoms with Crippen molar-refractivity contribution in [1.82, 2.24) is 0 Å². The van der Waals surface area contributed by atoms with Gasteiger partial charge in [-0.25, -0.2) is 4.57 Å². The Morgan fingerprint density at radius 2 is 1.62 bits per heavy atom. The molecule has 0 aliphatic heterocycles. The molecule has 2 nitrogen and oxygen atoms in total.